The first-order valence-corrected chi connectivity index (χ1v) is 6.92. The highest BCUT2D eigenvalue weighted by Crippen LogP contribution is 2.25. The SMILES string of the molecule is O=C(c1ccccc1)N1CC[C@H]2NCCC[C@@H]2C1. The molecule has 0 unspecified atom stereocenters. The third-order valence-corrected chi connectivity index (χ3v) is 4.20. The molecule has 2 heterocycles. The summed E-state index contributed by atoms with van der Waals surface area (Å²) in [5.41, 5.74) is 0.819. The molecule has 2 atom stereocenters. The van der Waals surface area contributed by atoms with Crippen LogP contribution in [0.1, 0.15) is 29.6 Å². The van der Waals surface area contributed by atoms with Crippen molar-refractivity contribution in [3.8, 4) is 0 Å². The van der Waals surface area contributed by atoms with Gasteiger partial charge in [-0.05, 0) is 43.9 Å². The first-order valence-electron chi connectivity index (χ1n) is 6.92. The van der Waals surface area contributed by atoms with Crippen LogP contribution >= 0.6 is 0 Å². The maximum atomic E-state index is 12.4. The Kier molecular flexibility index (Phi) is 3.33. The van der Waals surface area contributed by atoms with E-state index < -0.39 is 0 Å². The van der Waals surface area contributed by atoms with Crippen molar-refractivity contribution in [2.24, 2.45) is 5.92 Å². The zero-order valence-electron chi connectivity index (χ0n) is 10.6. The van der Waals surface area contributed by atoms with Crippen molar-refractivity contribution in [1.29, 1.82) is 0 Å². The van der Waals surface area contributed by atoms with Crippen LogP contribution in [-0.2, 0) is 0 Å². The van der Waals surface area contributed by atoms with E-state index in [2.05, 4.69) is 5.32 Å². The average molecular weight is 244 g/mol. The van der Waals surface area contributed by atoms with Crippen LogP contribution in [0.5, 0.6) is 0 Å². The van der Waals surface area contributed by atoms with Crippen LogP contribution in [0.2, 0.25) is 0 Å². The van der Waals surface area contributed by atoms with Crippen molar-refractivity contribution < 1.29 is 4.79 Å². The topological polar surface area (TPSA) is 32.3 Å². The van der Waals surface area contributed by atoms with Gasteiger partial charge in [-0.15, -0.1) is 0 Å². The summed E-state index contributed by atoms with van der Waals surface area (Å²) in [6, 6.07) is 10.3. The molecule has 0 saturated carbocycles. The summed E-state index contributed by atoms with van der Waals surface area (Å²) in [6.45, 7) is 2.96. The molecule has 3 nitrogen and oxygen atoms in total. The van der Waals surface area contributed by atoms with Crippen LogP contribution in [0, 0.1) is 5.92 Å². The van der Waals surface area contributed by atoms with Gasteiger partial charge in [0.1, 0.15) is 0 Å². The number of piperidine rings is 2. The van der Waals surface area contributed by atoms with Gasteiger partial charge in [-0.3, -0.25) is 4.79 Å². The molecular weight excluding hydrogens is 224 g/mol. The van der Waals surface area contributed by atoms with E-state index in [1.807, 2.05) is 35.2 Å². The number of carbonyl (C=O) groups excluding carboxylic acids is 1. The predicted octanol–water partition coefficient (Wildman–Crippen LogP) is 1.90. The molecular formula is C15H20N2O. The Morgan fingerprint density at radius 1 is 1.22 bits per heavy atom. The van der Waals surface area contributed by atoms with Gasteiger partial charge < -0.3 is 10.2 Å². The Morgan fingerprint density at radius 2 is 2.06 bits per heavy atom. The minimum absolute atomic E-state index is 0.194. The van der Waals surface area contributed by atoms with Crippen molar-refractivity contribution in [3.05, 3.63) is 35.9 Å². The summed E-state index contributed by atoms with van der Waals surface area (Å²) in [6.07, 6.45) is 3.61. The van der Waals surface area contributed by atoms with Gasteiger partial charge in [-0.25, -0.2) is 0 Å². The van der Waals surface area contributed by atoms with E-state index in [-0.39, 0.29) is 5.91 Å². The number of benzene rings is 1. The van der Waals surface area contributed by atoms with E-state index in [1.54, 1.807) is 0 Å². The molecule has 2 aliphatic heterocycles. The molecule has 96 valence electrons. The smallest absolute Gasteiger partial charge is 0.253 e. The van der Waals surface area contributed by atoms with E-state index >= 15 is 0 Å². The molecule has 2 fully saturated rings. The molecule has 0 aromatic heterocycles. The van der Waals surface area contributed by atoms with Gasteiger partial charge in [-0.1, -0.05) is 18.2 Å². The highest BCUT2D eigenvalue weighted by atomic mass is 16.2. The second-order valence-electron chi connectivity index (χ2n) is 5.37. The van der Waals surface area contributed by atoms with Crippen LogP contribution in [0.15, 0.2) is 30.3 Å². The number of hydrogen-bond donors (Lipinski definition) is 1. The largest absolute Gasteiger partial charge is 0.338 e. The average Bonchev–Trinajstić information content (AvgIpc) is 2.47. The second kappa shape index (κ2) is 5.11. The molecule has 0 aliphatic carbocycles. The fourth-order valence-electron chi connectivity index (χ4n) is 3.19. The van der Waals surface area contributed by atoms with Crippen LogP contribution in [0.25, 0.3) is 0 Å². The summed E-state index contributed by atoms with van der Waals surface area (Å²) in [5.74, 6) is 0.847. The number of amides is 1. The number of rotatable bonds is 1. The zero-order valence-corrected chi connectivity index (χ0v) is 10.6. The van der Waals surface area contributed by atoms with Gasteiger partial charge in [0.25, 0.3) is 5.91 Å². The van der Waals surface area contributed by atoms with E-state index in [0.717, 1.165) is 31.6 Å². The minimum atomic E-state index is 0.194. The summed E-state index contributed by atoms with van der Waals surface area (Å²) in [7, 11) is 0. The zero-order chi connectivity index (χ0) is 12.4. The summed E-state index contributed by atoms with van der Waals surface area (Å²) in [4.78, 5) is 14.4. The van der Waals surface area contributed by atoms with Gasteiger partial charge in [0, 0.05) is 24.7 Å². The third-order valence-electron chi connectivity index (χ3n) is 4.20. The summed E-state index contributed by atoms with van der Waals surface area (Å²) < 4.78 is 0. The molecule has 0 radical (unpaired) electrons. The Labute approximate surface area is 108 Å². The lowest BCUT2D eigenvalue weighted by Crippen LogP contribution is -2.53. The number of carbonyl (C=O) groups is 1. The standard InChI is InChI=1S/C15H20N2O/c18-15(12-5-2-1-3-6-12)17-10-8-14-13(11-17)7-4-9-16-14/h1-3,5-6,13-14,16H,4,7-11H2/t13-,14-/m1/s1. The molecule has 1 amide bonds. The first kappa shape index (κ1) is 11.7. The maximum absolute atomic E-state index is 12.4. The van der Waals surface area contributed by atoms with E-state index in [9.17, 15) is 4.79 Å². The Hall–Kier alpha value is -1.35. The number of nitrogens with zero attached hydrogens (tertiary/aromatic N) is 1. The van der Waals surface area contributed by atoms with E-state index in [0.29, 0.717) is 12.0 Å². The molecule has 0 bridgehead atoms. The Morgan fingerprint density at radius 3 is 2.89 bits per heavy atom. The van der Waals surface area contributed by atoms with Crippen LogP contribution in [-0.4, -0.2) is 36.5 Å². The van der Waals surface area contributed by atoms with Crippen LogP contribution in [0.4, 0.5) is 0 Å². The third kappa shape index (κ3) is 2.27. The molecule has 1 aromatic rings. The summed E-state index contributed by atoms with van der Waals surface area (Å²) >= 11 is 0. The molecule has 3 rings (SSSR count). The summed E-state index contributed by atoms with van der Waals surface area (Å²) in [5, 5.41) is 3.58. The highest BCUT2D eigenvalue weighted by molar-refractivity contribution is 5.94. The quantitative estimate of drug-likeness (QED) is 0.818. The van der Waals surface area contributed by atoms with Gasteiger partial charge in [0.15, 0.2) is 0 Å². The lowest BCUT2D eigenvalue weighted by molar-refractivity contribution is 0.0593. The molecule has 2 saturated heterocycles. The molecule has 3 heteroatoms. The number of hydrogen-bond acceptors (Lipinski definition) is 2. The first-order chi connectivity index (χ1) is 8.84. The molecule has 2 aliphatic rings. The van der Waals surface area contributed by atoms with Gasteiger partial charge in [0.2, 0.25) is 0 Å². The minimum Gasteiger partial charge on any atom is -0.338 e. The Bertz CT molecular complexity index is 418. The molecule has 1 N–H and O–H groups in total. The monoisotopic (exact) mass is 244 g/mol. The van der Waals surface area contributed by atoms with Crippen molar-refractivity contribution >= 4 is 5.91 Å². The number of fused-ring (bicyclic) bond motifs is 1. The predicted molar refractivity (Wildman–Crippen MR) is 71.5 cm³/mol. The second-order valence-corrected chi connectivity index (χ2v) is 5.37. The lowest BCUT2D eigenvalue weighted by atomic mass is 9.85. The van der Waals surface area contributed by atoms with Crippen molar-refractivity contribution in [1.82, 2.24) is 10.2 Å². The lowest BCUT2D eigenvalue weighted by Gasteiger charge is -2.41. The Balaban J connectivity index is 1.69. The number of likely N-dealkylation sites (tertiary alicyclic amines) is 1. The van der Waals surface area contributed by atoms with E-state index in [1.165, 1.54) is 12.8 Å². The van der Waals surface area contributed by atoms with Crippen LogP contribution in [0.3, 0.4) is 0 Å². The molecule has 1 aromatic carbocycles. The molecule has 0 spiro atoms. The van der Waals surface area contributed by atoms with Gasteiger partial charge in [-0.2, -0.15) is 0 Å². The maximum Gasteiger partial charge on any atom is 0.253 e. The van der Waals surface area contributed by atoms with Crippen molar-refractivity contribution in [2.75, 3.05) is 19.6 Å². The van der Waals surface area contributed by atoms with Gasteiger partial charge in [0.05, 0.1) is 0 Å². The fraction of sp³-hybridized carbons (Fsp3) is 0.533. The fourth-order valence-corrected chi connectivity index (χ4v) is 3.19. The number of nitrogens with one attached hydrogen (secondary N) is 1. The highest BCUT2D eigenvalue weighted by Gasteiger charge is 2.32. The van der Waals surface area contributed by atoms with Crippen LogP contribution < -0.4 is 5.32 Å². The molecule has 18 heavy (non-hydrogen) atoms. The van der Waals surface area contributed by atoms with E-state index in [4.69, 9.17) is 0 Å². The van der Waals surface area contributed by atoms with Crippen molar-refractivity contribution in [2.45, 2.75) is 25.3 Å². The van der Waals surface area contributed by atoms with Gasteiger partial charge >= 0.3 is 0 Å². The normalized spacial score (nSPS) is 27.7. The van der Waals surface area contributed by atoms with Crippen molar-refractivity contribution in [3.63, 3.8) is 0 Å².